The van der Waals surface area contributed by atoms with Crippen molar-refractivity contribution in [3.8, 4) is 11.3 Å². The monoisotopic (exact) mass is 379 g/mol. The van der Waals surface area contributed by atoms with E-state index in [-0.39, 0.29) is 11.7 Å². The van der Waals surface area contributed by atoms with Gasteiger partial charge in [0, 0.05) is 36.0 Å². The summed E-state index contributed by atoms with van der Waals surface area (Å²) in [5.41, 5.74) is 3.24. The third-order valence-corrected chi connectivity index (χ3v) is 4.67. The fraction of sp³-hybridized carbons (Fsp3) is 0.190. The molecule has 0 saturated carbocycles. The molecule has 0 spiro atoms. The average Bonchev–Trinajstić information content (AvgIpc) is 3.31. The molecule has 2 aromatic carbocycles. The van der Waals surface area contributed by atoms with Crippen LogP contribution in [0.2, 0.25) is 0 Å². The van der Waals surface area contributed by atoms with Crippen molar-refractivity contribution in [3.63, 3.8) is 0 Å². The molecule has 7 heteroatoms. The standard InChI is InChI=1S/C21H18FN3O3/c1-13-10-16(7-8-18(13)25-9-3-6-20(25)26)23-21(27)19-12-17(24-28-19)14-4-2-5-15(22)11-14/h2,4-5,7-8,10-12H,3,6,9H2,1H3,(H,23,27). The Morgan fingerprint density at radius 3 is 2.79 bits per heavy atom. The fourth-order valence-corrected chi connectivity index (χ4v) is 3.30. The minimum atomic E-state index is -0.459. The van der Waals surface area contributed by atoms with Gasteiger partial charge in [0.25, 0.3) is 5.91 Å². The molecule has 0 unspecified atom stereocenters. The maximum absolute atomic E-state index is 13.4. The van der Waals surface area contributed by atoms with Crippen molar-refractivity contribution in [2.75, 3.05) is 16.8 Å². The highest BCUT2D eigenvalue weighted by Crippen LogP contribution is 2.28. The molecule has 142 valence electrons. The molecule has 0 radical (unpaired) electrons. The lowest BCUT2D eigenvalue weighted by atomic mass is 10.1. The highest BCUT2D eigenvalue weighted by molar-refractivity contribution is 6.03. The number of aryl methyl sites for hydroxylation is 1. The largest absolute Gasteiger partial charge is 0.350 e. The second kappa shape index (κ2) is 7.26. The fourth-order valence-electron chi connectivity index (χ4n) is 3.30. The molecule has 2 heterocycles. The van der Waals surface area contributed by atoms with Gasteiger partial charge in [-0.05, 0) is 49.2 Å². The van der Waals surface area contributed by atoms with Crippen molar-refractivity contribution in [2.24, 2.45) is 0 Å². The average molecular weight is 379 g/mol. The van der Waals surface area contributed by atoms with E-state index in [0.717, 1.165) is 17.7 Å². The molecule has 6 nitrogen and oxygen atoms in total. The number of carbonyl (C=O) groups excluding carboxylic acids is 2. The maximum Gasteiger partial charge on any atom is 0.294 e. The van der Waals surface area contributed by atoms with Crippen LogP contribution in [-0.4, -0.2) is 23.5 Å². The van der Waals surface area contributed by atoms with Crippen LogP contribution >= 0.6 is 0 Å². The second-order valence-electron chi connectivity index (χ2n) is 6.69. The molecule has 1 aliphatic rings. The molecule has 1 aliphatic heterocycles. The van der Waals surface area contributed by atoms with Gasteiger partial charge < -0.3 is 14.7 Å². The van der Waals surface area contributed by atoms with E-state index >= 15 is 0 Å². The molecule has 2 amide bonds. The minimum absolute atomic E-state index is 0.0238. The van der Waals surface area contributed by atoms with Crippen LogP contribution < -0.4 is 10.2 Å². The van der Waals surface area contributed by atoms with E-state index in [2.05, 4.69) is 10.5 Å². The summed E-state index contributed by atoms with van der Waals surface area (Å²) in [5.74, 6) is -0.708. The van der Waals surface area contributed by atoms with Crippen molar-refractivity contribution in [2.45, 2.75) is 19.8 Å². The van der Waals surface area contributed by atoms with Crippen LogP contribution in [0.3, 0.4) is 0 Å². The smallest absolute Gasteiger partial charge is 0.294 e. The molecule has 4 rings (SSSR count). The normalized spacial score (nSPS) is 13.8. The molecule has 1 aromatic heterocycles. The first-order valence-corrected chi connectivity index (χ1v) is 8.96. The van der Waals surface area contributed by atoms with Crippen LogP contribution in [0.4, 0.5) is 15.8 Å². The predicted molar refractivity (Wildman–Crippen MR) is 103 cm³/mol. The number of anilines is 2. The first kappa shape index (κ1) is 17.9. The molecule has 0 bridgehead atoms. The third-order valence-electron chi connectivity index (χ3n) is 4.67. The number of nitrogens with one attached hydrogen (secondary N) is 1. The van der Waals surface area contributed by atoms with Gasteiger partial charge in [-0.15, -0.1) is 0 Å². The summed E-state index contributed by atoms with van der Waals surface area (Å²) in [6, 6.07) is 12.7. The zero-order valence-corrected chi connectivity index (χ0v) is 15.2. The maximum atomic E-state index is 13.4. The van der Waals surface area contributed by atoms with Gasteiger partial charge in [0.2, 0.25) is 11.7 Å². The molecular formula is C21H18FN3O3. The van der Waals surface area contributed by atoms with Gasteiger partial charge in [0.05, 0.1) is 0 Å². The first-order valence-electron chi connectivity index (χ1n) is 8.96. The van der Waals surface area contributed by atoms with Crippen LogP contribution in [-0.2, 0) is 4.79 Å². The molecule has 1 N–H and O–H groups in total. The Bertz CT molecular complexity index is 1060. The third kappa shape index (κ3) is 3.51. The highest BCUT2D eigenvalue weighted by Gasteiger charge is 2.23. The Kier molecular flexibility index (Phi) is 4.65. The molecule has 3 aromatic rings. The number of nitrogens with zero attached hydrogens (tertiary/aromatic N) is 2. The Labute approximate surface area is 160 Å². The number of rotatable bonds is 4. The van der Waals surface area contributed by atoms with E-state index < -0.39 is 11.7 Å². The van der Waals surface area contributed by atoms with Gasteiger partial charge in [-0.2, -0.15) is 0 Å². The molecule has 0 atom stereocenters. The zero-order valence-electron chi connectivity index (χ0n) is 15.2. The quantitative estimate of drug-likeness (QED) is 0.738. The zero-order chi connectivity index (χ0) is 19.7. The summed E-state index contributed by atoms with van der Waals surface area (Å²) in [4.78, 5) is 26.1. The first-order chi connectivity index (χ1) is 13.5. The van der Waals surface area contributed by atoms with Gasteiger partial charge in [-0.25, -0.2) is 4.39 Å². The molecule has 28 heavy (non-hydrogen) atoms. The minimum Gasteiger partial charge on any atom is -0.350 e. The summed E-state index contributed by atoms with van der Waals surface area (Å²) in [5, 5.41) is 6.59. The second-order valence-corrected chi connectivity index (χ2v) is 6.69. The van der Waals surface area contributed by atoms with Crippen LogP contribution in [0, 0.1) is 12.7 Å². The summed E-state index contributed by atoms with van der Waals surface area (Å²) in [6.07, 6.45) is 1.42. The van der Waals surface area contributed by atoms with Crippen molar-refractivity contribution in [1.29, 1.82) is 0 Å². The van der Waals surface area contributed by atoms with E-state index in [1.54, 1.807) is 23.1 Å². The lowest BCUT2D eigenvalue weighted by Gasteiger charge is -2.19. The van der Waals surface area contributed by atoms with Gasteiger partial charge in [0.1, 0.15) is 11.5 Å². The van der Waals surface area contributed by atoms with Gasteiger partial charge in [0.15, 0.2) is 0 Å². The summed E-state index contributed by atoms with van der Waals surface area (Å²) in [7, 11) is 0. The van der Waals surface area contributed by atoms with Crippen molar-refractivity contribution in [3.05, 3.63) is 65.7 Å². The number of hydrogen-bond acceptors (Lipinski definition) is 4. The molecular weight excluding hydrogens is 361 g/mol. The highest BCUT2D eigenvalue weighted by atomic mass is 19.1. The Morgan fingerprint density at radius 2 is 2.07 bits per heavy atom. The predicted octanol–water partition coefficient (Wildman–Crippen LogP) is 4.17. The van der Waals surface area contributed by atoms with Crippen LogP contribution in [0.5, 0.6) is 0 Å². The Morgan fingerprint density at radius 1 is 1.21 bits per heavy atom. The Hall–Kier alpha value is -3.48. The number of benzene rings is 2. The van der Waals surface area contributed by atoms with E-state index in [0.29, 0.717) is 29.9 Å². The van der Waals surface area contributed by atoms with Crippen molar-refractivity contribution in [1.82, 2.24) is 5.16 Å². The van der Waals surface area contributed by atoms with Gasteiger partial charge in [-0.3, -0.25) is 9.59 Å². The molecule has 1 saturated heterocycles. The summed E-state index contributed by atoms with van der Waals surface area (Å²) < 4.78 is 18.5. The number of carbonyl (C=O) groups is 2. The number of aromatic nitrogens is 1. The van der Waals surface area contributed by atoms with Crippen LogP contribution in [0.25, 0.3) is 11.3 Å². The van der Waals surface area contributed by atoms with Crippen molar-refractivity contribution >= 4 is 23.2 Å². The van der Waals surface area contributed by atoms with E-state index in [1.165, 1.54) is 18.2 Å². The van der Waals surface area contributed by atoms with Gasteiger partial charge >= 0.3 is 0 Å². The number of amides is 2. The van der Waals surface area contributed by atoms with Crippen LogP contribution in [0.15, 0.2) is 53.1 Å². The summed E-state index contributed by atoms with van der Waals surface area (Å²) in [6.45, 7) is 2.61. The van der Waals surface area contributed by atoms with E-state index in [1.807, 2.05) is 19.1 Å². The molecule has 1 fully saturated rings. The van der Waals surface area contributed by atoms with Crippen LogP contribution in [0.1, 0.15) is 29.0 Å². The SMILES string of the molecule is Cc1cc(NC(=O)c2cc(-c3cccc(F)c3)no2)ccc1N1CCCC1=O. The Balaban J connectivity index is 1.50. The lowest BCUT2D eigenvalue weighted by Crippen LogP contribution is -2.24. The summed E-state index contributed by atoms with van der Waals surface area (Å²) >= 11 is 0. The van der Waals surface area contributed by atoms with E-state index in [9.17, 15) is 14.0 Å². The van der Waals surface area contributed by atoms with E-state index in [4.69, 9.17) is 4.52 Å². The lowest BCUT2D eigenvalue weighted by molar-refractivity contribution is -0.117. The van der Waals surface area contributed by atoms with Crippen molar-refractivity contribution < 1.29 is 18.5 Å². The molecule has 0 aliphatic carbocycles. The number of hydrogen-bond donors (Lipinski definition) is 1. The topological polar surface area (TPSA) is 75.4 Å². The number of halogens is 1. The van der Waals surface area contributed by atoms with Gasteiger partial charge in [-0.1, -0.05) is 17.3 Å².